The second kappa shape index (κ2) is 7.74. The molecule has 0 bridgehead atoms. The minimum Gasteiger partial charge on any atom is -0.461 e. The lowest BCUT2D eigenvalue weighted by molar-refractivity contribution is -0.148. The molecule has 0 saturated carbocycles. The monoisotopic (exact) mass is 256 g/mol. The van der Waals surface area contributed by atoms with Gasteiger partial charge in [0, 0.05) is 19.5 Å². The highest BCUT2D eigenvalue weighted by Gasteiger charge is 2.23. The third-order valence-corrected chi connectivity index (χ3v) is 3.85. The van der Waals surface area contributed by atoms with Gasteiger partial charge in [-0.25, -0.2) is 0 Å². The first-order valence-corrected chi connectivity index (χ1v) is 7.11. The lowest BCUT2D eigenvalue weighted by Crippen LogP contribution is -2.23. The summed E-state index contributed by atoms with van der Waals surface area (Å²) in [5.41, 5.74) is 5.60. The van der Waals surface area contributed by atoms with E-state index in [1.165, 1.54) is 0 Å². The highest BCUT2D eigenvalue weighted by Crippen LogP contribution is 2.21. The molecule has 4 nitrogen and oxygen atoms in total. The van der Waals surface area contributed by atoms with Gasteiger partial charge in [0.25, 0.3) is 0 Å². The fraction of sp³-hybridized carbons (Fsp3) is 0.929. The summed E-state index contributed by atoms with van der Waals surface area (Å²) < 4.78 is 5.48. The molecule has 1 saturated heterocycles. The van der Waals surface area contributed by atoms with Gasteiger partial charge in [-0.05, 0) is 44.7 Å². The molecule has 0 spiro atoms. The van der Waals surface area contributed by atoms with Crippen LogP contribution in [0.2, 0.25) is 0 Å². The lowest BCUT2D eigenvalue weighted by atomic mass is 9.88. The number of carbonyl (C=O) groups excluding carboxylic acids is 1. The second-order valence-corrected chi connectivity index (χ2v) is 5.78. The molecule has 4 heteroatoms. The third-order valence-electron chi connectivity index (χ3n) is 3.85. The zero-order valence-electron chi connectivity index (χ0n) is 12.0. The number of carbonyl (C=O) groups is 1. The van der Waals surface area contributed by atoms with Gasteiger partial charge in [0.05, 0.1) is 0 Å². The average Bonchev–Trinajstić information content (AvgIpc) is 2.69. The summed E-state index contributed by atoms with van der Waals surface area (Å²) in [6, 6.07) is 0. The Hall–Kier alpha value is -0.610. The molecule has 1 fully saturated rings. The van der Waals surface area contributed by atoms with E-state index in [2.05, 4.69) is 25.8 Å². The highest BCUT2D eigenvalue weighted by molar-refractivity contribution is 5.69. The number of rotatable bonds is 7. The zero-order valence-corrected chi connectivity index (χ0v) is 12.0. The number of nitrogens with two attached hydrogens (primary N) is 1. The summed E-state index contributed by atoms with van der Waals surface area (Å²) in [6.07, 6.45) is 3.50. The van der Waals surface area contributed by atoms with E-state index in [-0.39, 0.29) is 12.1 Å². The molecular weight excluding hydrogens is 228 g/mol. The number of hydrogen-bond acceptors (Lipinski definition) is 4. The van der Waals surface area contributed by atoms with Crippen LogP contribution >= 0.6 is 0 Å². The maximum absolute atomic E-state index is 11.8. The van der Waals surface area contributed by atoms with E-state index in [0.29, 0.717) is 24.8 Å². The maximum atomic E-state index is 11.8. The molecule has 0 aromatic heterocycles. The Bertz CT molecular complexity index is 256. The molecule has 0 radical (unpaired) electrons. The van der Waals surface area contributed by atoms with Gasteiger partial charge in [-0.15, -0.1) is 0 Å². The van der Waals surface area contributed by atoms with Crippen molar-refractivity contribution in [3.63, 3.8) is 0 Å². The SMILES string of the molecule is CC(C)C(CCN)CCC(=O)OC1CCN(C)C1. The number of esters is 1. The van der Waals surface area contributed by atoms with Crippen molar-refractivity contribution in [3.8, 4) is 0 Å². The Morgan fingerprint density at radius 2 is 2.17 bits per heavy atom. The molecule has 1 heterocycles. The Labute approximate surface area is 111 Å². The molecule has 0 aromatic rings. The standard InChI is InChI=1S/C14H28N2O2/c1-11(2)12(6-8-15)4-5-14(17)18-13-7-9-16(3)10-13/h11-13H,4-10,15H2,1-3H3. The summed E-state index contributed by atoms with van der Waals surface area (Å²) in [6.45, 7) is 6.99. The van der Waals surface area contributed by atoms with Gasteiger partial charge < -0.3 is 15.4 Å². The number of ether oxygens (including phenoxy) is 1. The van der Waals surface area contributed by atoms with Crippen LogP contribution in [0.25, 0.3) is 0 Å². The van der Waals surface area contributed by atoms with Gasteiger partial charge in [-0.3, -0.25) is 4.79 Å². The molecule has 0 aliphatic carbocycles. The van der Waals surface area contributed by atoms with Gasteiger partial charge in [-0.2, -0.15) is 0 Å². The molecule has 106 valence electrons. The van der Waals surface area contributed by atoms with E-state index in [0.717, 1.165) is 32.4 Å². The summed E-state index contributed by atoms with van der Waals surface area (Å²) >= 11 is 0. The molecule has 2 N–H and O–H groups in total. The molecule has 1 aliphatic heterocycles. The molecule has 18 heavy (non-hydrogen) atoms. The summed E-state index contributed by atoms with van der Waals surface area (Å²) in [5.74, 6) is 1.07. The van der Waals surface area contributed by atoms with Crippen molar-refractivity contribution in [1.29, 1.82) is 0 Å². The number of likely N-dealkylation sites (N-methyl/N-ethyl adjacent to an activating group) is 1. The average molecular weight is 256 g/mol. The van der Waals surface area contributed by atoms with Crippen LogP contribution < -0.4 is 5.73 Å². The topological polar surface area (TPSA) is 55.6 Å². The van der Waals surface area contributed by atoms with E-state index in [1.807, 2.05) is 0 Å². The fourth-order valence-corrected chi connectivity index (χ4v) is 2.56. The zero-order chi connectivity index (χ0) is 13.5. The second-order valence-electron chi connectivity index (χ2n) is 5.78. The van der Waals surface area contributed by atoms with Crippen LogP contribution in [0.5, 0.6) is 0 Å². The highest BCUT2D eigenvalue weighted by atomic mass is 16.5. The minimum atomic E-state index is -0.0435. The molecule has 1 rings (SSSR count). The van der Waals surface area contributed by atoms with Crippen LogP contribution in [-0.2, 0) is 9.53 Å². The summed E-state index contributed by atoms with van der Waals surface area (Å²) in [5, 5.41) is 0. The Morgan fingerprint density at radius 3 is 2.67 bits per heavy atom. The first kappa shape index (κ1) is 15.4. The molecule has 2 atom stereocenters. The van der Waals surface area contributed by atoms with E-state index < -0.39 is 0 Å². The predicted octanol–water partition coefficient (Wildman–Crippen LogP) is 1.63. The first-order chi connectivity index (χ1) is 8.52. The van der Waals surface area contributed by atoms with E-state index in [4.69, 9.17) is 10.5 Å². The molecular formula is C14H28N2O2. The van der Waals surface area contributed by atoms with Crippen molar-refractivity contribution in [2.45, 2.75) is 45.6 Å². The summed E-state index contributed by atoms with van der Waals surface area (Å²) in [4.78, 5) is 14.0. The molecule has 1 aliphatic rings. The van der Waals surface area contributed by atoms with Crippen molar-refractivity contribution in [2.75, 3.05) is 26.7 Å². The van der Waals surface area contributed by atoms with Crippen molar-refractivity contribution < 1.29 is 9.53 Å². The normalized spacial score (nSPS) is 22.4. The van der Waals surface area contributed by atoms with Gasteiger partial charge in [0.15, 0.2) is 0 Å². The van der Waals surface area contributed by atoms with Crippen LogP contribution in [0.15, 0.2) is 0 Å². The van der Waals surface area contributed by atoms with E-state index >= 15 is 0 Å². The van der Waals surface area contributed by atoms with Crippen LogP contribution in [-0.4, -0.2) is 43.7 Å². The van der Waals surface area contributed by atoms with Crippen LogP contribution in [0, 0.1) is 11.8 Å². The minimum absolute atomic E-state index is 0.0435. The van der Waals surface area contributed by atoms with Crippen molar-refractivity contribution >= 4 is 5.97 Å². The van der Waals surface area contributed by atoms with Crippen LogP contribution in [0.3, 0.4) is 0 Å². The largest absolute Gasteiger partial charge is 0.461 e. The Balaban J connectivity index is 2.23. The first-order valence-electron chi connectivity index (χ1n) is 7.11. The fourth-order valence-electron chi connectivity index (χ4n) is 2.56. The van der Waals surface area contributed by atoms with Crippen molar-refractivity contribution in [1.82, 2.24) is 4.90 Å². The summed E-state index contributed by atoms with van der Waals surface area (Å²) in [7, 11) is 2.06. The van der Waals surface area contributed by atoms with E-state index in [9.17, 15) is 4.79 Å². The van der Waals surface area contributed by atoms with E-state index in [1.54, 1.807) is 0 Å². The predicted molar refractivity (Wildman–Crippen MR) is 73.2 cm³/mol. The number of likely N-dealkylation sites (tertiary alicyclic amines) is 1. The maximum Gasteiger partial charge on any atom is 0.306 e. The van der Waals surface area contributed by atoms with Crippen LogP contribution in [0.4, 0.5) is 0 Å². The van der Waals surface area contributed by atoms with Gasteiger partial charge in [-0.1, -0.05) is 13.8 Å². The molecule has 0 aromatic carbocycles. The quantitative estimate of drug-likeness (QED) is 0.704. The lowest BCUT2D eigenvalue weighted by Gasteiger charge is -2.20. The van der Waals surface area contributed by atoms with Gasteiger partial charge in [0.2, 0.25) is 0 Å². The van der Waals surface area contributed by atoms with Crippen molar-refractivity contribution in [3.05, 3.63) is 0 Å². The molecule has 0 amide bonds. The molecule has 2 unspecified atom stereocenters. The van der Waals surface area contributed by atoms with Crippen LogP contribution in [0.1, 0.15) is 39.5 Å². The number of hydrogen-bond donors (Lipinski definition) is 1. The smallest absolute Gasteiger partial charge is 0.306 e. The number of nitrogens with zero attached hydrogens (tertiary/aromatic N) is 1. The third kappa shape index (κ3) is 5.36. The van der Waals surface area contributed by atoms with Gasteiger partial charge in [0.1, 0.15) is 6.10 Å². The Kier molecular flexibility index (Phi) is 6.65. The van der Waals surface area contributed by atoms with Gasteiger partial charge >= 0.3 is 5.97 Å². The Morgan fingerprint density at radius 1 is 1.44 bits per heavy atom. The van der Waals surface area contributed by atoms with Crippen molar-refractivity contribution in [2.24, 2.45) is 17.6 Å².